The zero-order valence-electron chi connectivity index (χ0n) is 19.0. The van der Waals surface area contributed by atoms with Gasteiger partial charge in [-0.3, -0.25) is 14.3 Å². The monoisotopic (exact) mass is 495 g/mol. The van der Waals surface area contributed by atoms with Gasteiger partial charge in [0.25, 0.3) is 0 Å². The summed E-state index contributed by atoms with van der Waals surface area (Å²) in [6.45, 7) is 4.19. The van der Waals surface area contributed by atoms with Crippen molar-refractivity contribution in [2.45, 2.75) is 25.5 Å². The predicted octanol–water partition coefficient (Wildman–Crippen LogP) is 5.49. The maximum Gasteiger partial charge on any atom is 0.233 e. The molecule has 0 saturated carbocycles. The number of rotatable bonds is 7. The van der Waals surface area contributed by atoms with Gasteiger partial charge in [0.1, 0.15) is 5.82 Å². The van der Waals surface area contributed by atoms with Crippen LogP contribution in [0, 0.1) is 19.7 Å². The second-order valence-electron chi connectivity index (χ2n) is 7.88. The van der Waals surface area contributed by atoms with Crippen LogP contribution in [0.4, 0.5) is 4.39 Å². The van der Waals surface area contributed by atoms with Crippen LogP contribution in [-0.2, 0) is 11.3 Å². The van der Waals surface area contributed by atoms with Gasteiger partial charge in [0.05, 0.1) is 11.4 Å². The minimum Gasteiger partial charge on any atom is -0.341 e. The standard InChI is InChI=1S/C25H23ClFN5OS/c1-16-7-8-19(13-17(16)2)32-24(18-9-11-28-12-10-18)29-30-25(32)34-15-23(33)31(3)14-20-21(26)5-4-6-22(20)27/h4-13H,14-15H2,1-3H3. The summed E-state index contributed by atoms with van der Waals surface area (Å²) in [4.78, 5) is 18.4. The number of halogens is 2. The van der Waals surface area contributed by atoms with E-state index in [1.807, 2.05) is 28.8 Å². The van der Waals surface area contributed by atoms with Crippen molar-refractivity contribution in [3.63, 3.8) is 0 Å². The van der Waals surface area contributed by atoms with E-state index in [1.165, 1.54) is 28.3 Å². The van der Waals surface area contributed by atoms with Crippen LogP contribution in [0.3, 0.4) is 0 Å². The fraction of sp³-hybridized carbons (Fsp3) is 0.200. The van der Waals surface area contributed by atoms with Crippen LogP contribution >= 0.6 is 23.4 Å². The molecular formula is C25H23ClFN5OS. The smallest absolute Gasteiger partial charge is 0.233 e. The molecule has 2 heterocycles. The van der Waals surface area contributed by atoms with Gasteiger partial charge in [-0.05, 0) is 61.4 Å². The summed E-state index contributed by atoms with van der Waals surface area (Å²) in [5.41, 5.74) is 4.38. The molecule has 0 atom stereocenters. The summed E-state index contributed by atoms with van der Waals surface area (Å²) >= 11 is 7.39. The average molecular weight is 496 g/mol. The Labute approximate surface area is 206 Å². The lowest BCUT2D eigenvalue weighted by molar-refractivity contribution is -0.127. The third kappa shape index (κ3) is 5.13. The van der Waals surface area contributed by atoms with Crippen molar-refractivity contribution in [3.05, 3.63) is 88.5 Å². The van der Waals surface area contributed by atoms with E-state index in [9.17, 15) is 9.18 Å². The quantitative estimate of drug-likeness (QED) is 0.317. The van der Waals surface area contributed by atoms with Crippen LogP contribution in [0.25, 0.3) is 17.1 Å². The first kappa shape index (κ1) is 23.9. The molecule has 4 aromatic rings. The summed E-state index contributed by atoms with van der Waals surface area (Å²) in [6.07, 6.45) is 3.40. The lowest BCUT2D eigenvalue weighted by Crippen LogP contribution is -2.28. The first-order valence-electron chi connectivity index (χ1n) is 10.6. The molecule has 0 spiro atoms. The van der Waals surface area contributed by atoms with Gasteiger partial charge in [-0.15, -0.1) is 10.2 Å². The number of hydrogen-bond acceptors (Lipinski definition) is 5. The maximum absolute atomic E-state index is 14.1. The number of aryl methyl sites for hydroxylation is 2. The van der Waals surface area contributed by atoms with Crippen molar-refractivity contribution >= 4 is 29.3 Å². The van der Waals surface area contributed by atoms with Gasteiger partial charge in [-0.25, -0.2) is 4.39 Å². The van der Waals surface area contributed by atoms with Gasteiger partial charge in [-0.1, -0.05) is 35.5 Å². The van der Waals surface area contributed by atoms with Crippen LogP contribution in [0.1, 0.15) is 16.7 Å². The molecule has 0 aliphatic heterocycles. The zero-order chi connectivity index (χ0) is 24.2. The Balaban J connectivity index is 1.59. The molecule has 174 valence electrons. The molecule has 0 unspecified atom stereocenters. The van der Waals surface area contributed by atoms with Crippen molar-refractivity contribution in [3.8, 4) is 17.1 Å². The van der Waals surface area contributed by atoms with Crippen molar-refractivity contribution in [2.24, 2.45) is 0 Å². The van der Waals surface area contributed by atoms with E-state index in [0.29, 0.717) is 21.6 Å². The van der Waals surface area contributed by atoms with E-state index in [0.717, 1.165) is 16.8 Å². The van der Waals surface area contributed by atoms with Crippen LogP contribution in [-0.4, -0.2) is 43.4 Å². The topological polar surface area (TPSA) is 63.9 Å². The first-order chi connectivity index (χ1) is 16.3. The number of carbonyl (C=O) groups excluding carboxylic acids is 1. The van der Waals surface area contributed by atoms with E-state index in [-0.39, 0.29) is 18.2 Å². The number of amides is 1. The number of nitrogens with zero attached hydrogens (tertiary/aromatic N) is 5. The summed E-state index contributed by atoms with van der Waals surface area (Å²) in [5.74, 6) is 0.162. The minimum atomic E-state index is -0.434. The second kappa shape index (κ2) is 10.4. The third-order valence-corrected chi connectivity index (χ3v) is 6.80. The third-order valence-electron chi connectivity index (χ3n) is 5.53. The molecule has 0 radical (unpaired) electrons. The van der Waals surface area contributed by atoms with Gasteiger partial charge >= 0.3 is 0 Å². The SMILES string of the molecule is Cc1ccc(-n2c(SCC(=O)N(C)Cc3c(F)cccc3Cl)nnc2-c2ccncc2)cc1C. The number of benzene rings is 2. The van der Waals surface area contributed by atoms with Crippen molar-refractivity contribution in [1.29, 1.82) is 0 Å². The largest absolute Gasteiger partial charge is 0.341 e. The van der Waals surface area contributed by atoms with Crippen LogP contribution in [0.2, 0.25) is 5.02 Å². The van der Waals surface area contributed by atoms with Gasteiger partial charge < -0.3 is 4.90 Å². The highest BCUT2D eigenvalue weighted by molar-refractivity contribution is 7.99. The molecule has 2 aromatic carbocycles. The Bertz CT molecular complexity index is 1310. The fourth-order valence-corrected chi connectivity index (χ4v) is 4.51. The second-order valence-corrected chi connectivity index (χ2v) is 9.23. The molecule has 0 bridgehead atoms. The van der Waals surface area contributed by atoms with E-state index in [2.05, 4.69) is 35.1 Å². The number of carbonyl (C=O) groups is 1. The Morgan fingerprint density at radius 2 is 1.85 bits per heavy atom. The predicted molar refractivity (Wildman–Crippen MR) is 133 cm³/mol. The summed E-state index contributed by atoms with van der Waals surface area (Å²) in [6, 6.07) is 14.3. The van der Waals surface area contributed by atoms with Crippen LogP contribution in [0.15, 0.2) is 66.1 Å². The molecule has 0 saturated heterocycles. The minimum absolute atomic E-state index is 0.0804. The summed E-state index contributed by atoms with van der Waals surface area (Å²) < 4.78 is 16.1. The van der Waals surface area contributed by atoms with Gasteiger partial charge in [0.2, 0.25) is 5.91 Å². The van der Waals surface area contributed by atoms with Crippen molar-refractivity contribution in [1.82, 2.24) is 24.6 Å². The van der Waals surface area contributed by atoms with Gasteiger partial charge in [-0.2, -0.15) is 0 Å². The summed E-state index contributed by atoms with van der Waals surface area (Å²) in [7, 11) is 1.63. The highest BCUT2D eigenvalue weighted by Gasteiger charge is 2.20. The Kier molecular flexibility index (Phi) is 7.29. The van der Waals surface area contributed by atoms with E-state index >= 15 is 0 Å². The average Bonchev–Trinajstić information content (AvgIpc) is 3.26. The molecule has 9 heteroatoms. The molecule has 0 aliphatic carbocycles. The molecule has 0 N–H and O–H groups in total. The summed E-state index contributed by atoms with van der Waals surface area (Å²) in [5, 5.41) is 9.65. The van der Waals surface area contributed by atoms with E-state index in [4.69, 9.17) is 11.6 Å². The lowest BCUT2D eigenvalue weighted by Gasteiger charge is -2.18. The molecule has 4 rings (SSSR count). The van der Waals surface area contributed by atoms with Gasteiger partial charge in [0, 0.05) is 42.1 Å². The molecule has 1 amide bonds. The van der Waals surface area contributed by atoms with Gasteiger partial charge in [0.15, 0.2) is 11.0 Å². The Morgan fingerprint density at radius 1 is 1.09 bits per heavy atom. The number of pyridine rings is 1. The molecule has 2 aromatic heterocycles. The number of aromatic nitrogens is 4. The van der Waals surface area contributed by atoms with E-state index < -0.39 is 5.82 Å². The normalized spacial score (nSPS) is 11.0. The van der Waals surface area contributed by atoms with Crippen molar-refractivity contribution < 1.29 is 9.18 Å². The van der Waals surface area contributed by atoms with Crippen LogP contribution < -0.4 is 0 Å². The highest BCUT2D eigenvalue weighted by atomic mass is 35.5. The fourth-order valence-electron chi connectivity index (χ4n) is 3.39. The lowest BCUT2D eigenvalue weighted by atomic mass is 10.1. The zero-order valence-corrected chi connectivity index (χ0v) is 20.6. The van der Waals surface area contributed by atoms with Crippen LogP contribution in [0.5, 0.6) is 0 Å². The number of hydrogen-bond donors (Lipinski definition) is 0. The van der Waals surface area contributed by atoms with E-state index in [1.54, 1.807) is 31.6 Å². The molecule has 0 aliphatic rings. The maximum atomic E-state index is 14.1. The van der Waals surface area contributed by atoms with Crippen molar-refractivity contribution in [2.75, 3.05) is 12.8 Å². The first-order valence-corrected chi connectivity index (χ1v) is 11.9. The molecule has 6 nitrogen and oxygen atoms in total. The Hall–Kier alpha value is -3.23. The highest BCUT2D eigenvalue weighted by Crippen LogP contribution is 2.29. The molecular weight excluding hydrogens is 473 g/mol. The molecule has 0 fully saturated rings. The molecule has 34 heavy (non-hydrogen) atoms. The number of thioether (sulfide) groups is 1. The Morgan fingerprint density at radius 3 is 2.56 bits per heavy atom.